The van der Waals surface area contributed by atoms with Crippen LogP contribution in [0.3, 0.4) is 0 Å². The quantitative estimate of drug-likeness (QED) is 0.847. The van der Waals surface area contributed by atoms with Gasteiger partial charge in [-0.15, -0.1) is 0 Å². The molecule has 1 atom stereocenters. The number of para-hydroxylation sites is 1. The molecule has 1 aromatic carbocycles. The number of hydrogen-bond acceptors (Lipinski definition) is 3. The minimum Gasteiger partial charge on any atom is -0.491 e. The molecule has 0 spiro atoms. The Bertz CT molecular complexity index is 492. The molecule has 0 fully saturated rings. The van der Waals surface area contributed by atoms with E-state index < -0.39 is 11.4 Å². The summed E-state index contributed by atoms with van der Waals surface area (Å²) in [6.07, 6.45) is 0. The van der Waals surface area contributed by atoms with Gasteiger partial charge >= 0.3 is 0 Å². The lowest BCUT2D eigenvalue weighted by atomic mass is 9.86. The average molecular weight is 292 g/mol. The predicted molar refractivity (Wildman–Crippen MR) is 86.5 cm³/mol. The first-order chi connectivity index (χ1) is 9.56. The second-order valence-electron chi connectivity index (χ2n) is 7.03. The van der Waals surface area contributed by atoms with Gasteiger partial charge in [-0.25, -0.2) is 0 Å². The van der Waals surface area contributed by atoms with E-state index in [1.807, 2.05) is 38.1 Å². The number of amides is 1. The van der Waals surface area contributed by atoms with Crippen molar-refractivity contribution in [3.63, 3.8) is 0 Å². The molecule has 0 saturated carbocycles. The second-order valence-corrected chi connectivity index (χ2v) is 7.03. The summed E-state index contributed by atoms with van der Waals surface area (Å²) in [4.78, 5) is 11.7. The molecule has 1 rings (SSSR count). The number of ether oxygens (including phenoxy) is 1. The molecule has 1 amide bonds. The molecule has 0 aromatic heterocycles. The number of carbonyl (C=O) groups excluding carboxylic acids is 1. The topological polar surface area (TPSA) is 64.3 Å². The summed E-state index contributed by atoms with van der Waals surface area (Å²) >= 11 is 0. The number of benzene rings is 1. The minimum atomic E-state index is -0.890. The summed E-state index contributed by atoms with van der Waals surface area (Å²) < 4.78 is 5.93. The molecule has 3 N–H and O–H groups in total. The Morgan fingerprint density at radius 2 is 1.81 bits per heavy atom. The summed E-state index contributed by atoms with van der Waals surface area (Å²) in [5.74, 6) is 0.382. The van der Waals surface area contributed by atoms with E-state index >= 15 is 0 Å². The van der Waals surface area contributed by atoms with E-state index in [-0.39, 0.29) is 18.1 Å². The van der Waals surface area contributed by atoms with Gasteiger partial charge in [-0.3, -0.25) is 10.1 Å². The maximum absolute atomic E-state index is 11.7. The van der Waals surface area contributed by atoms with Crippen molar-refractivity contribution in [2.45, 2.75) is 58.5 Å². The molecule has 0 aliphatic rings. The highest BCUT2D eigenvalue weighted by atomic mass is 16.5. The first-order valence-electron chi connectivity index (χ1n) is 7.36. The molecule has 4 heteroatoms. The summed E-state index contributed by atoms with van der Waals surface area (Å²) in [5, 5.41) is 3.18. The minimum absolute atomic E-state index is 0.0226. The highest BCUT2D eigenvalue weighted by Crippen LogP contribution is 2.31. The first kappa shape index (κ1) is 17.5. The van der Waals surface area contributed by atoms with Crippen LogP contribution < -0.4 is 15.8 Å². The van der Waals surface area contributed by atoms with Gasteiger partial charge in [0.2, 0.25) is 5.91 Å². The largest absolute Gasteiger partial charge is 0.491 e. The van der Waals surface area contributed by atoms with Crippen molar-refractivity contribution in [2.75, 3.05) is 6.61 Å². The van der Waals surface area contributed by atoms with Crippen LogP contribution in [0.2, 0.25) is 0 Å². The molecule has 0 bridgehead atoms. The molecule has 1 aromatic rings. The lowest BCUT2D eigenvalue weighted by Gasteiger charge is -2.31. The van der Waals surface area contributed by atoms with Crippen molar-refractivity contribution >= 4 is 5.91 Å². The highest BCUT2D eigenvalue weighted by Gasteiger charge is 2.33. The van der Waals surface area contributed by atoms with Crippen LogP contribution in [0.1, 0.15) is 47.1 Å². The Balaban J connectivity index is 2.94. The molecule has 0 aliphatic carbocycles. The monoisotopic (exact) mass is 292 g/mol. The number of nitrogens with one attached hydrogen (secondary N) is 1. The second kappa shape index (κ2) is 6.48. The Labute approximate surface area is 128 Å². The van der Waals surface area contributed by atoms with E-state index in [2.05, 4.69) is 26.1 Å². The van der Waals surface area contributed by atoms with Gasteiger partial charge in [0.1, 0.15) is 17.9 Å². The van der Waals surface area contributed by atoms with Gasteiger partial charge in [0, 0.05) is 6.04 Å². The molecule has 4 nitrogen and oxygen atoms in total. The molecule has 0 saturated heterocycles. The zero-order valence-electron chi connectivity index (χ0n) is 14.0. The fraction of sp³-hybridized carbons (Fsp3) is 0.588. The summed E-state index contributed by atoms with van der Waals surface area (Å²) in [7, 11) is 0. The average Bonchev–Trinajstić information content (AvgIpc) is 2.34. The van der Waals surface area contributed by atoms with Gasteiger partial charge in [-0.1, -0.05) is 39.0 Å². The number of carbonyl (C=O) groups is 1. The van der Waals surface area contributed by atoms with Crippen molar-refractivity contribution in [1.29, 1.82) is 0 Å². The first-order valence-corrected chi connectivity index (χ1v) is 7.36. The molecule has 118 valence electrons. The fourth-order valence-corrected chi connectivity index (χ4v) is 2.26. The molecule has 0 aliphatic heterocycles. The molecule has 21 heavy (non-hydrogen) atoms. The smallest absolute Gasteiger partial charge is 0.240 e. The Morgan fingerprint density at radius 3 is 2.29 bits per heavy atom. The lowest BCUT2D eigenvalue weighted by molar-refractivity contribution is -0.125. The summed E-state index contributed by atoms with van der Waals surface area (Å²) in [6.45, 7) is 12.3. The van der Waals surface area contributed by atoms with Crippen LogP contribution in [0.4, 0.5) is 0 Å². The SMILES string of the molecule is CC(C)NC(C)(COc1ccccc1C(C)(C)C)C(N)=O. The van der Waals surface area contributed by atoms with Crippen molar-refractivity contribution in [2.24, 2.45) is 5.73 Å². The molecule has 1 unspecified atom stereocenters. The molecule has 0 radical (unpaired) electrons. The zero-order chi connectivity index (χ0) is 16.3. The zero-order valence-corrected chi connectivity index (χ0v) is 14.0. The van der Waals surface area contributed by atoms with E-state index in [1.54, 1.807) is 6.92 Å². The number of primary amides is 1. The van der Waals surface area contributed by atoms with E-state index in [0.29, 0.717) is 0 Å². The third-order valence-corrected chi connectivity index (χ3v) is 3.36. The van der Waals surface area contributed by atoms with E-state index in [0.717, 1.165) is 11.3 Å². The van der Waals surface area contributed by atoms with Crippen LogP contribution >= 0.6 is 0 Å². The van der Waals surface area contributed by atoms with Gasteiger partial charge < -0.3 is 10.5 Å². The number of hydrogen-bond donors (Lipinski definition) is 2. The van der Waals surface area contributed by atoms with Crippen molar-refractivity contribution < 1.29 is 9.53 Å². The van der Waals surface area contributed by atoms with Crippen LogP contribution in [0.5, 0.6) is 5.75 Å². The fourth-order valence-electron chi connectivity index (χ4n) is 2.26. The number of rotatable bonds is 6. The molecular formula is C17H28N2O2. The number of nitrogens with two attached hydrogens (primary N) is 1. The van der Waals surface area contributed by atoms with Crippen molar-refractivity contribution in [3.05, 3.63) is 29.8 Å². The van der Waals surface area contributed by atoms with Gasteiger partial charge in [0.15, 0.2) is 0 Å². The van der Waals surface area contributed by atoms with Crippen molar-refractivity contribution in [1.82, 2.24) is 5.32 Å². The Kier molecular flexibility index (Phi) is 5.40. The van der Waals surface area contributed by atoms with Crippen LogP contribution in [0.15, 0.2) is 24.3 Å². The van der Waals surface area contributed by atoms with Gasteiger partial charge in [0.25, 0.3) is 0 Å². The predicted octanol–water partition coefficient (Wildman–Crippen LogP) is 2.60. The molecule has 0 heterocycles. The standard InChI is InChI=1S/C17H28N2O2/c1-12(2)19-17(6,15(18)20)11-21-14-10-8-7-9-13(14)16(3,4)5/h7-10,12,19H,11H2,1-6H3,(H2,18,20). The summed E-state index contributed by atoms with van der Waals surface area (Å²) in [5.41, 5.74) is 5.73. The molecular weight excluding hydrogens is 264 g/mol. The van der Waals surface area contributed by atoms with Gasteiger partial charge in [0.05, 0.1) is 0 Å². The maximum Gasteiger partial charge on any atom is 0.240 e. The third-order valence-electron chi connectivity index (χ3n) is 3.36. The normalized spacial score (nSPS) is 14.8. The lowest BCUT2D eigenvalue weighted by Crippen LogP contribution is -2.59. The van der Waals surface area contributed by atoms with Crippen molar-refractivity contribution in [3.8, 4) is 5.75 Å². The van der Waals surface area contributed by atoms with E-state index in [9.17, 15) is 4.79 Å². The van der Waals surface area contributed by atoms with Gasteiger partial charge in [-0.2, -0.15) is 0 Å². The Morgan fingerprint density at radius 1 is 1.24 bits per heavy atom. The van der Waals surface area contributed by atoms with Crippen LogP contribution in [-0.2, 0) is 10.2 Å². The highest BCUT2D eigenvalue weighted by molar-refractivity contribution is 5.84. The maximum atomic E-state index is 11.7. The third kappa shape index (κ3) is 4.74. The van der Waals surface area contributed by atoms with Gasteiger partial charge in [-0.05, 0) is 37.8 Å². The van der Waals surface area contributed by atoms with Crippen LogP contribution in [-0.4, -0.2) is 24.1 Å². The van der Waals surface area contributed by atoms with Crippen LogP contribution in [0, 0.1) is 0 Å². The Hall–Kier alpha value is -1.55. The van der Waals surface area contributed by atoms with E-state index in [4.69, 9.17) is 10.5 Å². The van der Waals surface area contributed by atoms with E-state index in [1.165, 1.54) is 0 Å². The summed E-state index contributed by atoms with van der Waals surface area (Å²) in [6, 6.07) is 8.04. The van der Waals surface area contributed by atoms with Crippen LogP contribution in [0.25, 0.3) is 0 Å².